The number of benzene rings is 1. The smallest absolute Gasteiger partial charge is 0.178 e. The van der Waals surface area contributed by atoms with Crippen molar-refractivity contribution in [3.63, 3.8) is 0 Å². The number of rotatable bonds is 7. The minimum absolute atomic E-state index is 0.0360. The van der Waals surface area contributed by atoms with Crippen LogP contribution in [-0.2, 0) is 9.84 Å². The van der Waals surface area contributed by atoms with E-state index in [9.17, 15) is 12.8 Å². The van der Waals surface area contributed by atoms with Crippen LogP contribution in [0.15, 0.2) is 29.2 Å². The van der Waals surface area contributed by atoms with Gasteiger partial charge in [-0.25, -0.2) is 12.8 Å². The minimum atomic E-state index is -3.38. The highest BCUT2D eigenvalue weighted by atomic mass is 32.2. The van der Waals surface area contributed by atoms with E-state index in [1.807, 2.05) is 6.92 Å². The standard InChI is InChI=1S/C13H20FNO2S/c1-3-8-15-11(2)7-9-18(16,17)13-6-4-5-12(14)10-13/h4-6,10-11,15H,3,7-9H2,1-2H3. The molecule has 0 aliphatic rings. The average molecular weight is 273 g/mol. The molecule has 1 aromatic rings. The maximum atomic E-state index is 13.0. The van der Waals surface area contributed by atoms with Crippen molar-refractivity contribution in [2.24, 2.45) is 0 Å². The third-order valence-electron chi connectivity index (χ3n) is 2.72. The first kappa shape index (κ1) is 15.1. The molecule has 0 saturated carbocycles. The third-order valence-corrected chi connectivity index (χ3v) is 4.46. The average Bonchev–Trinajstić information content (AvgIpc) is 2.34. The van der Waals surface area contributed by atoms with Gasteiger partial charge in [0.2, 0.25) is 0 Å². The zero-order chi connectivity index (χ0) is 13.6. The third kappa shape index (κ3) is 4.74. The Morgan fingerprint density at radius 2 is 2.11 bits per heavy atom. The topological polar surface area (TPSA) is 46.2 Å². The van der Waals surface area contributed by atoms with Gasteiger partial charge in [0.25, 0.3) is 0 Å². The van der Waals surface area contributed by atoms with E-state index in [0.29, 0.717) is 6.42 Å². The van der Waals surface area contributed by atoms with Crippen LogP contribution >= 0.6 is 0 Å². The van der Waals surface area contributed by atoms with Crippen LogP contribution in [0.1, 0.15) is 26.7 Å². The Morgan fingerprint density at radius 3 is 2.72 bits per heavy atom. The van der Waals surface area contributed by atoms with Crippen molar-refractivity contribution < 1.29 is 12.8 Å². The van der Waals surface area contributed by atoms with Crippen molar-refractivity contribution in [1.82, 2.24) is 5.32 Å². The van der Waals surface area contributed by atoms with E-state index in [-0.39, 0.29) is 16.7 Å². The molecule has 0 saturated heterocycles. The zero-order valence-corrected chi connectivity index (χ0v) is 11.6. The molecular formula is C13H20FNO2S. The van der Waals surface area contributed by atoms with Crippen LogP contribution in [0.5, 0.6) is 0 Å². The molecule has 0 amide bonds. The Kier molecular flexibility index (Phi) is 5.75. The Bertz CT molecular complexity index is 474. The second kappa shape index (κ2) is 6.85. The Hall–Kier alpha value is -0.940. The molecule has 0 radical (unpaired) electrons. The fraction of sp³-hybridized carbons (Fsp3) is 0.538. The van der Waals surface area contributed by atoms with E-state index in [2.05, 4.69) is 12.2 Å². The molecule has 5 heteroatoms. The predicted molar refractivity (Wildman–Crippen MR) is 70.8 cm³/mol. The van der Waals surface area contributed by atoms with Crippen LogP contribution in [0.2, 0.25) is 0 Å². The second-order valence-electron chi connectivity index (χ2n) is 4.42. The number of nitrogens with one attached hydrogen (secondary N) is 1. The van der Waals surface area contributed by atoms with Crippen LogP contribution in [-0.4, -0.2) is 26.8 Å². The molecule has 0 aliphatic carbocycles. The van der Waals surface area contributed by atoms with Gasteiger partial charge in [0.05, 0.1) is 10.6 Å². The van der Waals surface area contributed by atoms with Crippen LogP contribution in [0.4, 0.5) is 4.39 Å². The first-order chi connectivity index (χ1) is 8.45. The van der Waals surface area contributed by atoms with Crippen LogP contribution in [0.3, 0.4) is 0 Å². The van der Waals surface area contributed by atoms with E-state index in [1.165, 1.54) is 18.2 Å². The van der Waals surface area contributed by atoms with Crippen molar-refractivity contribution in [3.05, 3.63) is 30.1 Å². The molecule has 0 aliphatic heterocycles. The highest BCUT2D eigenvalue weighted by Gasteiger charge is 2.16. The zero-order valence-electron chi connectivity index (χ0n) is 10.8. The Balaban J connectivity index is 2.60. The van der Waals surface area contributed by atoms with Gasteiger partial charge >= 0.3 is 0 Å². The quantitative estimate of drug-likeness (QED) is 0.829. The van der Waals surface area contributed by atoms with Crippen molar-refractivity contribution in [2.75, 3.05) is 12.3 Å². The maximum absolute atomic E-state index is 13.0. The minimum Gasteiger partial charge on any atom is -0.314 e. The molecule has 1 aromatic carbocycles. The van der Waals surface area contributed by atoms with Crippen LogP contribution in [0, 0.1) is 5.82 Å². The van der Waals surface area contributed by atoms with Gasteiger partial charge in [0, 0.05) is 6.04 Å². The van der Waals surface area contributed by atoms with E-state index in [4.69, 9.17) is 0 Å². The van der Waals surface area contributed by atoms with E-state index < -0.39 is 15.7 Å². The summed E-state index contributed by atoms with van der Waals surface area (Å²) in [5.41, 5.74) is 0. The van der Waals surface area contributed by atoms with Gasteiger partial charge in [-0.05, 0) is 44.5 Å². The number of sulfone groups is 1. The molecule has 0 fully saturated rings. The van der Waals surface area contributed by atoms with Crippen molar-refractivity contribution in [3.8, 4) is 0 Å². The van der Waals surface area contributed by atoms with Crippen LogP contribution < -0.4 is 5.32 Å². The van der Waals surface area contributed by atoms with Crippen molar-refractivity contribution in [2.45, 2.75) is 37.6 Å². The lowest BCUT2D eigenvalue weighted by Gasteiger charge is -2.13. The van der Waals surface area contributed by atoms with Gasteiger partial charge in [-0.3, -0.25) is 0 Å². The number of hydrogen-bond donors (Lipinski definition) is 1. The largest absolute Gasteiger partial charge is 0.314 e. The van der Waals surface area contributed by atoms with E-state index >= 15 is 0 Å². The molecular weight excluding hydrogens is 253 g/mol. The monoisotopic (exact) mass is 273 g/mol. The van der Waals surface area contributed by atoms with E-state index in [0.717, 1.165) is 19.0 Å². The second-order valence-corrected chi connectivity index (χ2v) is 6.53. The fourth-order valence-electron chi connectivity index (χ4n) is 1.60. The van der Waals surface area contributed by atoms with Gasteiger partial charge in [-0.2, -0.15) is 0 Å². The molecule has 18 heavy (non-hydrogen) atoms. The van der Waals surface area contributed by atoms with Crippen molar-refractivity contribution >= 4 is 9.84 Å². The summed E-state index contributed by atoms with van der Waals surface area (Å²) in [6.07, 6.45) is 1.54. The van der Waals surface area contributed by atoms with Gasteiger partial charge in [0.15, 0.2) is 9.84 Å². The molecule has 1 unspecified atom stereocenters. The highest BCUT2D eigenvalue weighted by Crippen LogP contribution is 2.14. The first-order valence-corrected chi connectivity index (χ1v) is 7.82. The lowest BCUT2D eigenvalue weighted by atomic mass is 10.2. The van der Waals surface area contributed by atoms with Crippen molar-refractivity contribution in [1.29, 1.82) is 0 Å². The summed E-state index contributed by atoms with van der Waals surface area (Å²) in [5.74, 6) is -0.484. The lowest BCUT2D eigenvalue weighted by Crippen LogP contribution is -2.28. The summed E-state index contributed by atoms with van der Waals surface area (Å²) in [6.45, 7) is 4.89. The number of hydrogen-bond acceptors (Lipinski definition) is 3. The molecule has 102 valence electrons. The Labute approximate surface area is 108 Å². The summed E-state index contributed by atoms with van der Waals surface area (Å²) < 4.78 is 36.9. The normalized spacial score (nSPS) is 13.5. The molecule has 0 bridgehead atoms. The highest BCUT2D eigenvalue weighted by molar-refractivity contribution is 7.91. The predicted octanol–water partition coefficient (Wildman–Crippen LogP) is 2.38. The SMILES string of the molecule is CCCNC(C)CCS(=O)(=O)c1cccc(F)c1. The summed E-state index contributed by atoms with van der Waals surface area (Å²) in [7, 11) is -3.38. The Morgan fingerprint density at radius 1 is 1.39 bits per heavy atom. The molecule has 1 N–H and O–H groups in total. The van der Waals surface area contributed by atoms with Crippen LogP contribution in [0.25, 0.3) is 0 Å². The summed E-state index contributed by atoms with van der Waals surface area (Å²) in [4.78, 5) is 0.0604. The first-order valence-electron chi connectivity index (χ1n) is 6.17. The van der Waals surface area contributed by atoms with Gasteiger partial charge < -0.3 is 5.32 Å². The molecule has 0 spiro atoms. The lowest BCUT2D eigenvalue weighted by molar-refractivity contribution is 0.525. The molecule has 0 aromatic heterocycles. The fourth-order valence-corrected chi connectivity index (χ4v) is 3.08. The van der Waals surface area contributed by atoms with Gasteiger partial charge in [-0.1, -0.05) is 13.0 Å². The molecule has 0 heterocycles. The molecule has 1 atom stereocenters. The van der Waals surface area contributed by atoms with E-state index in [1.54, 1.807) is 0 Å². The summed E-state index contributed by atoms with van der Waals surface area (Å²) in [6, 6.07) is 5.31. The summed E-state index contributed by atoms with van der Waals surface area (Å²) in [5, 5.41) is 3.23. The number of halogens is 1. The molecule has 3 nitrogen and oxygen atoms in total. The maximum Gasteiger partial charge on any atom is 0.178 e. The van der Waals surface area contributed by atoms with Gasteiger partial charge in [0.1, 0.15) is 5.82 Å². The van der Waals surface area contributed by atoms with Gasteiger partial charge in [-0.15, -0.1) is 0 Å². The summed E-state index contributed by atoms with van der Waals surface area (Å²) >= 11 is 0. The molecule has 1 rings (SSSR count).